The van der Waals surface area contributed by atoms with Gasteiger partial charge < -0.3 is 15.4 Å². The summed E-state index contributed by atoms with van der Waals surface area (Å²) in [5.74, 6) is 0.682. The second-order valence-electron chi connectivity index (χ2n) is 4.08. The van der Waals surface area contributed by atoms with Crippen molar-refractivity contribution in [2.45, 2.75) is 32.7 Å². The molecule has 1 amide bonds. The maximum Gasteiger partial charge on any atom is 0.407 e. The van der Waals surface area contributed by atoms with Gasteiger partial charge in [-0.25, -0.2) is 4.79 Å². The molecule has 0 spiro atoms. The predicted octanol–water partition coefficient (Wildman–Crippen LogP) is 1.12. The van der Waals surface area contributed by atoms with Crippen LogP contribution < -0.4 is 10.6 Å². The van der Waals surface area contributed by atoms with Crippen LogP contribution in [0.1, 0.15) is 26.7 Å². The maximum atomic E-state index is 11.1. The average molecular weight is 200 g/mol. The third-order valence-electron chi connectivity index (χ3n) is 2.33. The standard InChI is InChI=1S/C10H20N2O2/c1-8(2)12-10(13)14-6-4-9-3-5-11-7-9/h8-9,11H,3-7H2,1-2H3,(H,12,13). The molecule has 4 heteroatoms. The third kappa shape index (κ3) is 4.46. The van der Waals surface area contributed by atoms with Gasteiger partial charge >= 0.3 is 6.09 Å². The van der Waals surface area contributed by atoms with Crippen molar-refractivity contribution < 1.29 is 9.53 Å². The van der Waals surface area contributed by atoms with Gasteiger partial charge in [-0.3, -0.25) is 0 Å². The van der Waals surface area contributed by atoms with Crippen molar-refractivity contribution in [3.8, 4) is 0 Å². The minimum atomic E-state index is -0.300. The van der Waals surface area contributed by atoms with E-state index in [1.807, 2.05) is 13.8 Å². The quantitative estimate of drug-likeness (QED) is 0.715. The predicted molar refractivity (Wildman–Crippen MR) is 55.2 cm³/mol. The van der Waals surface area contributed by atoms with E-state index in [-0.39, 0.29) is 12.1 Å². The van der Waals surface area contributed by atoms with Gasteiger partial charge in [0.2, 0.25) is 0 Å². The van der Waals surface area contributed by atoms with Gasteiger partial charge in [-0.2, -0.15) is 0 Å². The molecule has 0 aliphatic carbocycles. The Morgan fingerprint density at radius 1 is 1.64 bits per heavy atom. The Morgan fingerprint density at radius 2 is 2.43 bits per heavy atom. The van der Waals surface area contributed by atoms with Crippen LogP contribution in [0.15, 0.2) is 0 Å². The Bertz CT molecular complexity index is 177. The number of amides is 1. The Balaban J connectivity index is 1.99. The first-order valence-electron chi connectivity index (χ1n) is 5.32. The largest absolute Gasteiger partial charge is 0.450 e. The first-order chi connectivity index (χ1) is 6.68. The lowest BCUT2D eigenvalue weighted by Gasteiger charge is -2.11. The summed E-state index contributed by atoms with van der Waals surface area (Å²) in [6, 6.07) is 0.149. The van der Waals surface area contributed by atoms with Crippen LogP contribution >= 0.6 is 0 Å². The van der Waals surface area contributed by atoms with Gasteiger partial charge in [-0.1, -0.05) is 0 Å². The van der Waals surface area contributed by atoms with Crippen molar-refractivity contribution in [2.24, 2.45) is 5.92 Å². The summed E-state index contributed by atoms with van der Waals surface area (Å²) < 4.78 is 5.04. The van der Waals surface area contributed by atoms with Crippen LogP contribution in [0.2, 0.25) is 0 Å². The van der Waals surface area contributed by atoms with Crippen LogP contribution in [-0.2, 0) is 4.74 Å². The lowest BCUT2D eigenvalue weighted by molar-refractivity contribution is 0.137. The van der Waals surface area contributed by atoms with E-state index < -0.39 is 0 Å². The van der Waals surface area contributed by atoms with Gasteiger partial charge in [-0.05, 0) is 45.7 Å². The minimum Gasteiger partial charge on any atom is -0.450 e. The van der Waals surface area contributed by atoms with E-state index in [4.69, 9.17) is 4.74 Å². The lowest BCUT2D eigenvalue weighted by atomic mass is 10.1. The molecule has 1 heterocycles. The topological polar surface area (TPSA) is 50.4 Å². The van der Waals surface area contributed by atoms with Crippen molar-refractivity contribution in [1.82, 2.24) is 10.6 Å². The molecule has 1 saturated heterocycles. The maximum absolute atomic E-state index is 11.1. The van der Waals surface area contributed by atoms with Crippen LogP contribution in [0.25, 0.3) is 0 Å². The van der Waals surface area contributed by atoms with E-state index in [9.17, 15) is 4.79 Å². The highest BCUT2D eigenvalue weighted by molar-refractivity contribution is 5.67. The summed E-state index contributed by atoms with van der Waals surface area (Å²) in [4.78, 5) is 11.1. The van der Waals surface area contributed by atoms with E-state index in [1.165, 1.54) is 6.42 Å². The molecule has 0 aromatic heterocycles. The fraction of sp³-hybridized carbons (Fsp3) is 0.900. The Kier molecular flexibility index (Phi) is 4.73. The number of hydrogen-bond donors (Lipinski definition) is 2. The highest BCUT2D eigenvalue weighted by Crippen LogP contribution is 2.11. The highest BCUT2D eigenvalue weighted by atomic mass is 16.5. The molecular formula is C10H20N2O2. The van der Waals surface area contributed by atoms with E-state index >= 15 is 0 Å². The number of carbonyl (C=O) groups excluding carboxylic acids is 1. The Morgan fingerprint density at radius 3 is 3.00 bits per heavy atom. The van der Waals surface area contributed by atoms with Gasteiger partial charge in [0.05, 0.1) is 6.61 Å². The first-order valence-corrected chi connectivity index (χ1v) is 5.32. The number of ether oxygens (including phenoxy) is 1. The molecule has 4 nitrogen and oxygen atoms in total. The van der Waals surface area contributed by atoms with Gasteiger partial charge in [0.15, 0.2) is 0 Å². The summed E-state index contributed by atoms with van der Waals surface area (Å²) in [7, 11) is 0. The number of carbonyl (C=O) groups is 1. The second-order valence-corrected chi connectivity index (χ2v) is 4.08. The molecule has 1 fully saturated rings. The van der Waals surface area contributed by atoms with E-state index in [0.717, 1.165) is 19.5 Å². The van der Waals surface area contributed by atoms with Crippen LogP contribution in [-0.4, -0.2) is 31.8 Å². The molecule has 0 radical (unpaired) electrons. The molecule has 2 N–H and O–H groups in total. The van der Waals surface area contributed by atoms with Crippen LogP contribution in [0, 0.1) is 5.92 Å². The summed E-state index contributed by atoms with van der Waals surface area (Å²) in [6.45, 7) is 6.53. The fourth-order valence-corrected chi connectivity index (χ4v) is 1.56. The molecule has 14 heavy (non-hydrogen) atoms. The van der Waals surface area contributed by atoms with Crippen molar-refractivity contribution in [1.29, 1.82) is 0 Å². The molecule has 1 unspecified atom stereocenters. The molecule has 0 aromatic carbocycles. The first kappa shape index (κ1) is 11.3. The second kappa shape index (κ2) is 5.86. The molecular weight excluding hydrogens is 180 g/mol. The van der Waals surface area contributed by atoms with Gasteiger partial charge in [0.25, 0.3) is 0 Å². The highest BCUT2D eigenvalue weighted by Gasteiger charge is 2.14. The molecule has 0 bridgehead atoms. The van der Waals surface area contributed by atoms with Crippen molar-refractivity contribution in [2.75, 3.05) is 19.7 Å². The van der Waals surface area contributed by atoms with Crippen LogP contribution in [0.3, 0.4) is 0 Å². The zero-order chi connectivity index (χ0) is 10.4. The van der Waals surface area contributed by atoms with Crippen molar-refractivity contribution >= 4 is 6.09 Å². The molecule has 0 saturated carbocycles. The van der Waals surface area contributed by atoms with E-state index in [2.05, 4.69) is 10.6 Å². The Hall–Kier alpha value is -0.770. The third-order valence-corrected chi connectivity index (χ3v) is 2.33. The smallest absolute Gasteiger partial charge is 0.407 e. The van der Waals surface area contributed by atoms with Crippen LogP contribution in [0.5, 0.6) is 0 Å². The van der Waals surface area contributed by atoms with Gasteiger partial charge in [0.1, 0.15) is 0 Å². The summed E-state index contributed by atoms with van der Waals surface area (Å²) >= 11 is 0. The zero-order valence-electron chi connectivity index (χ0n) is 9.01. The molecule has 0 aromatic rings. The molecule has 1 rings (SSSR count). The van der Waals surface area contributed by atoms with Crippen LogP contribution in [0.4, 0.5) is 4.79 Å². The van der Waals surface area contributed by atoms with Crippen molar-refractivity contribution in [3.05, 3.63) is 0 Å². The number of nitrogens with one attached hydrogen (secondary N) is 2. The monoisotopic (exact) mass is 200 g/mol. The summed E-state index contributed by atoms with van der Waals surface area (Å²) in [6.07, 6.45) is 1.87. The number of rotatable bonds is 4. The van der Waals surface area contributed by atoms with Gasteiger partial charge in [-0.15, -0.1) is 0 Å². The lowest BCUT2D eigenvalue weighted by Crippen LogP contribution is -2.31. The van der Waals surface area contributed by atoms with Crippen molar-refractivity contribution in [3.63, 3.8) is 0 Å². The summed E-state index contributed by atoms with van der Waals surface area (Å²) in [5, 5.41) is 5.98. The SMILES string of the molecule is CC(C)NC(=O)OCCC1CCNC1. The fourth-order valence-electron chi connectivity index (χ4n) is 1.56. The van der Waals surface area contributed by atoms with E-state index in [1.54, 1.807) is 0 Å². The zero-order valence-corrected chi connectivity index (χ0v) is 9.01. The molecule has 1 aliphatic heterocycles. The number of hydrogen-bond acceptors (Lipinski definition) is 3. The Labute approximate surface area is 85.4 Å². The average Bonchev–Trinajstić information content (AvgIpc) is 2.55. The van der Waals surface area contributed by atoms with Gasteiger partial charge in [0, 0.05) is 6.04 Å². The summed E-state index contributed by atoms with van der Waals surface area (Å²) in [5.41, 5.74) is 0. The molecule has 1 atom stereocenters. The molecule has 1 aliphatic rings. The normalized spacial score (nSPS) is 21.2. The molecule has 82 valence electrons. The van der Waals surface area contributed by atoms with E-state index in [0.29, 0.717) is 12.5 Å². The number of alkyl carbamates (subject to hydrolysis) is 1. The minimum absolute atomic E-state index is 0.149.